The third-order valence-electron chi connectivity index (χ3n) is 4.85. The summed E-state index contributed by atoms with van der Waals surface area (Å²) in [6, 6.07) is 9.24. The van der Waals surface area contributed by atoms with E-state index in [2.05, 4.69) is 20.5 Å². The van der Waals surface area contributed by atoms with Gasteiger partial charge in [0.15, 0.2) is 0 Å². The van der Waals surface area contributed by atoms with Crippen molar-refractivity contribution in [2.24, 2.45) is 0 Å². The summed E-state index contributed by atoms with van der Waals surface area (Å²) in [5.74, 6) is 0. The van der Waals surface area contributed by atoms with Crippen LogP contribution in [0.1, 0.15) is 24.0 Å². The Morgan fingerprint density at radius 2 is 1.86 bits per heavy atom. The van der Waals surface area contributed by atoms with Gasteiger partial charge in [0.05, 0.1) is 5.69 Å². The summed E-state index contributed by atoms with van der Waals surface area (Å²) in [7, 11) is -3.46. The molecule has 0 radical (unpaired) electrons. The maximum atomic E-state index is 12.6. The maximum Gasteiger partial charge on any atom is 0.244 e. The number of rotatable bonds is 5. The van der Waals surface area contributed by atoms with Gasteiger partial charge in [0.2, 0.25) is 15.2 Å². The van der Waals surface area contributed by atoms with Crippen LogP contribution < -0.4 is 0 Å². The zero-order chi connectivity index (χ0) is 19.7. The first-order chi connectivity index (χ1) is 13.5. The van der Waals surface area contributed by atoms with Crippen molar-refractivity contribution in [3.8, 4) is 5.69 Å². The quantitative estimate of drug-likeness (QED) is 0.631. The molecule has 146 valence electrons. The minimum absolute atomic E-state index is 0.216. The first kappa shape index (κ1) is 19.0. The van der Waals surface area contributed by atoms with Gasteiger partial charge in [0, 0.05) is 19.3 Å². The van der Waals surface area contributed by atoms with Crippen LogP contribution in [0.5, 0.6) is 0 Å². The number of pyridine rings is 1. The van der Waals surface area contributed by atoms with Crippen LogP contribution in [0.25, 0.3) is 5.69 Å². The average Bonchev–Trinajstić information content (AvgIpc) is 3.37. The molecule has 0 unspecified atom stereocenters. The first-order valence-electron chi connectivity index (χ1n) is 8.96. The molecule has 0 amide bonds. The molecular formula is C18H20N6O2S2. The maximum absolute atomic E-state index is 12.6. The van der Waals surface area contributed by atoms with E-state index in [4.69, 9.17) is 0 Å². The molecule has 0 bridgehead atoms. The Labute approximate surface area is 168 Å². The van der Waals surface area contributed by atoms with Crippen molar-refractivity contribution < 1.29 is 8.42 Å². The molecule has 3 heterocycles. The second-order valence-corrected chi connectivity index (χ2v) is 9.56. The molecule has 1 aliphatic heterocycles. The summed E-state index contributed by atoms with van der Waals surface area (Å²) in [5, 5.41) is 13.2. The summed E-state index contributed by atoms with van der Waals surface area (Å²) < 4.78 is 28.4. The molecule has 3 aromatic rings. The summed E-state index contributed by atoms with van der Waals surface area (Å²) in [5.41, 5.74) is 3.15. The summed E-state index contributed by atoms with van der Waals surface area (Å²) >= 11 is 1.29. The summed E-state index contributed by atoms with van der Waals surface area (Å²) in [4.78, 5) is 4.53. The molecule has 0 spiro atoms. The van der Waals surface area contributed by atoms with E-state index in [9.17, 15) is 8.42 Å². The lowest BCUT2D eigenvalue weighted by atomic mass is 10.1. The molecule has 1 aromatic carbocycles. The van der Waals surface area contributed by atoms with Crippen LogP contribution in [-0.4, -0.2) is 51.0 Å². The number of nitrogens with zero attached hydrogens (tertiary/aromatic N) is 6. The van der Waals surface area contributed by atoms with Gasteiger partial charge < -0.3 is 0 Å². The third-order valence-corrected chi connectivity index (χ3v) is 7.62. The van der Waals surface area contributed by atoms with Gasteiger partial charge in [0.1, 0.15) is 9.92 Å². The lowest BCUT2D eigenvalue weighted by Crippen LogP contribution is -2.27. The van der Waals surface area contributed by atoms with E-state index in [-0.39, 0.29) is 4.90 Å². The van der Waals surface area contributed by atoms with Crippen molar-refractivity contribution >= 4 is 21.8 Å². The fourth-order valence-corrected chi connectivity index (χ4v) is 5.30. The van der Waals surface area contributed by atoms with Crippen LogP contribution in [0.3, 0.4) is 0 Å². The van der Waals surface area contributed by atoms with Crippen molar-refractivity contribution in [1.29, 1.82) is 0 Å². The summed E-state index contributed by atoms with van der Waals surface area (Å²) in [6.07, 6.45) is 3.21. The van der Waals surface area contributed by atoms with Gasteiger partial charge in [-0.25, -0.2) is 13.4 Å². The molecule has 0 aliphatic carbocycles. The number of aryl methyl sites for hydroxylation is 1. The molecule has 1 aliphatic rings. The van der Waals surface area contributed by atoms with E-state index >= 15 is 0 Å². The fraction of sp³-hybridized carbons (Fsp3) is 0.333. The number of tetrazole rings is 1. The molecule has 10 heteroatoms. The van der Waals surface area contributed by atoms with E-state index in [1.54, 1.807) is 16.8 Å². The van der Waals surface area contributed by atoms with E-state index in [0.29, 0.717) is 23.3 Å². The highest BCUT2D eigenvalue weighted by Gasteiger charge is 2.27. The van der Waals surface area contributed by atoms with Gasteiger partial charge >= 0.3 is 0 Å². The summed E-state index contributed by atoms with van der Waals surface area (Å²) in [6.45, 7) is 5.21. The van der Waals surface area contributed by atoms with Crippen molar-refractivity contribution in [2.75, 3.05) is 13.1 Å². The first-order valence-corrected chi connectivity index (χ1v) is 11.2. The lowest BCUT2D eigenvalue weighted by Gasteiger charge is -2.15. The molecule has 0 saturated carbocycles. The normalized spacial score (nSPS) is 15.2. The van der Waals surface area contributed by atoms with Crippen molar-refractivity contribution in [3.63, 3.8) is 0 Å². The van der Waals surface area contributed by atoms with E-state index in [1.807, 2.05) is 32.0 Å². The minimum Gasteiger partial charge on any atom is -0.248 e. The predicted molar refractivity (Wildman–Crippen MR) is 105 cm³/mol. The Morgan fingerprint density at radius 1 is 1.07 bits per heavy atom. The Bertz CT molecular complexity index is 1090. The molecule has 1 saturated heterocycles. The largest absolute Gasteiger partial charge is 0.248 e. The van der Waals surface area contributed by atoms with Crippen LogP contribution in [-0.2, 0) is 10.0 Å². The lowest BCUT2D eigenvalue weighted by molar-refractivity contribution is 0.477. The molecule has 2 aromatic heterocycles. The van der Waals surface area contributed by atoms with Crippen LogP contribution in [0.4, 0.5) is 0 Å². The van der Waals surface area contributed by atoms with Crippen LogP contribution in [0.15, 0.2) is 51.6 Å². The van der Waals surface area contributed by atoms with Crippen molar-refractivity contribution in [2.45, 2.75) is 41.8 Å². The van der Waals surface area contributed by atoms with Crippen molar-refractivity contribution in [1.82, 2.24) is 29.5 Å². The Balaban J connectivity index is 1.58. The molecule has 0 N–H and O–H groups in total. The van der Waals surface area contributed by atoms with Crippen LogP contribution in [0.2, 0.25) is 0 Å². The van der Waals surface area contributed by atoms with Gasteiger partial charge in [-0.3, -0.25) is 0 Å². The standard InChI is InChI=1S/C18H20N6O2S2/c1-13-6-5-7-16(14(13)2)24-18(20-21-22-24)27-17-9-8-15(12-19-17)28(25,26)23-10-3-4-11-23/h5-9,12H,3-4,10-11H2,1-2H3. The number of hydrogen-bond donors (Lipinski definition) is 0. The number of aromatic nitrogens is 5. The van der Waals surface area contributed by atoms with Crippen LogP contribution >= 0.6 is 11.8 Å². The second kappa shape index (κ2) is 7.61. The van der Waals surface area contributed by atoms with E-state index < -0.39 is 10.0 Å². The van der Waals surface area contributed by atoms with Gasteiger partial charge in [-0.05, 0) is 78.2 Å². The predicted octanol–water partition coefficient (Wildman–Crippen LogP) is 2.61. The topological polar surface area (TPSA) is 93.9 Å². The van der Waals surface area contributed by atoms with E-state index in [1.165, 1.54) is 22.3 Å². The molecular weight excluding hydrogens is 396 g/mol. The van der Waals surface area contributed by atoms with E-state index in [0.717, 1.165) is 29.7 Å². The SMILES string of the molecule is Cc1cccc(-n2nnnc2Sc2ccc(S(=O)(=O)N3CCCC3)cn2)c1C. The highest BCUT2D eigenvalue weighted by atomic mass is 32.2. The monoisotopic (exact) mass is 416 g/mol. The molecule has 28 heavy (non-hydrogen) atoms. The highest BCUT2D eigenvalue weighted by Crippen LogP contribution is 2.28. The fourth-order valence-electron chi connectivity index (χ4n) is 3.11. The smallest absolute Gasteiger partial charge is 0.244 e. The Morgan fingerprint density at radius 3 is 2.57 bits per heavy atom. The highest BCUT2D eigenvalue weighted by molar-refractivity contribution is 7.99. The number of hydrogen-bond acceptors (Lipinski definition) is 7. The second-order valence-electron chi connectivity index (χ2n) is 6.64. The zero-order valence-corrected chi connectivity index (χ0v) is 17.2. The average molecular weight is 417 g/mol. The molecule has 0 atom stereocenters. The van der Waals surface area contributed by atoms with Crippen LogP contribution in [0, 0.1) is 13.8 Å². The number of sulfonamides is 1. The van der Waals surface area contributed by atoms with Gasteiger partial charge in [0.25, 0.3) is 0 Å². The Hall–Kier alpha value is -2.30. The van der Waals surface area contributed by atoms with Gasteiger partial charge in [-0.2, -0.15) is 8.99 Å². The zero-order valence-electron chi connectivity index (χ0n) is 15.6. The molecule has 8 nitrogen and oxygen atoms in total. The van der Waals surface area contributed by atoms with Crippen molar-refractivity contribution in [3.05, 3.63) is 47.7 Å². The Kier molecular flexibility index (Phi) is 5.17. The third kappa shape index (κ3) is 3.54. The number of benzene rings is 1. The minimum atomic E-state index is -3.46. The van der Waals surface area contributed by atoms with Gasteiger partial charge in [-0.15, -0.1) is 5.10 Å². The van der Waals surface area contributed by atoms with Gasteiger partial charge in [-0.1, -0.05) is 12.1 Å². The molecule has 4 rings (SSSR count). The molecule has 1 fully saturated rings.